The zero-order valence-corrected chi connectivity index (χ0v) is 13.6. The summed E-state index contributed by atoms with van der Waals surface area (Å²) < 4.78 is 1.14. The summed E-state index contributed by atoms with van der Waals surface area (Å²) in [4.78, 5) is 2.63. The summed E-state index contributed by atoms with van der Waals surface area (Å²) in [5.41, 5.74) is 7.46. The van der Waals surface area contributed by atoms with E-state index in [2.05, 4.69) is 65.5 Å². The van der Waals surface area contributed by atoms with Crippen molar-refractivity contribution >= 4 is 39.0 Å². The highest BCUT2D eigenvalue weighted by atomic mass is 79.9. The van der Waals surface area contributed by atoms with Gasteiger partial charge in [-0.3, -0.25) is 0 Å². The molecule has 0 bridgehead atoms. The van der Waals surface area contributed by atoms with E-state index >= 15 is 0 Å². The molecule has 0 spiro atoms. The van der Waals surface area contributed by atoms with Crippen molar-refractivity contribution in [2.75, 3.05) is 0 Å². The van der Waals surface area contributed by atoms with Gasteiger partial charge in [0, 0.05) is 25.7 Å². The largest absolute Gasteiger partial charge is 0.327 e. The number of benzene rings is 1. The first kappa shape index (κ1) is 14.1. The van der Waals surface area contributed by atoms with Gasteiger partial charge in [0.15, 0.2) is 0 Å². The fourth-order valence-electron chi connectivity index (χ4n) is 1.73. The summed E-state index contributed by atoms with van der Waals surface area (Å²) in [6, 6.07) is 10.8. The number of nitrogens with two attached hydrogens (primary N) is 1. The molecule has 18 heavy (non-hydrogen) atoms. The lowest BCUT2D eigenvalue weighted by Crippen LogP contribution is -2.21. The van der Waals surface area contributed by atoms with E-state index in [9.17, 15) is 0 Å². The number of halogens is 1. The quantitative estimate of drug-likeness (QED) is 0.792. The molecular weight excluding hydrogens is 326 g/mol. The molecule has 0 aliphatic heterocycles. The van der Waals surface area contributed by atoms with Crippen molar-refractivity contribution in [3.8, 4) is 0 Å². The minimum Gasteiger partial charge on any atom is -0.327 e. The van der Waals surface area contributed by atoms with Crippen LogP contribution in [0.3, 0.4) is 0 Å². The van der Waals surface area contributed by atoms with Gasteiger partial charge in [0.25, 0.3) is 0 Å². The molecule has 0 aliphatic rings. The lowest BCUT2D eigenvalue weighted by atomic mass is 10.2. The third-order valence-electron chi connectivity index (χ3n) is 2.69. The Labute approximate surface area is 125 Å². The molecule has 4 heteroatoms. The normalized spacial score (nSPS) is 14.4. The highest BCUT2D eigenvalue weighted by Gasteiger charge is 2.20. The van der Waals surface area contributed by atoms with E-state index < -0.39 is 0 Å². The predicted molar refractivity (Wildman–Crippen MR) is 85.4 cm³/mol. The molecule has 2 aromatic rings. The second-order valence-electron chi connectivity index (χ2n) is 4.33. The summed E-state index contributed by atoms with van der Waals surface area (Å²) in [5.74, 6) is 0. The summed E-state index contributed by atoms with van der Waals surface area (Å²) in [6.45, 7) is 4.22. The molecule has 2 unspecified atom stereocenters. The highest BCUT2D eigenvalue weighted by Crippen LogP contribution is 2.41. The maximum atomic E-state index is 6.15. The first-order valence-corrected chi connectivity index (χ1v) is 8.35. The van der Waals surface area contributed by atoms with Crippen molar-refractivity contribution in [2.45, 2.75) is 30.0 Å². The molecular formula is C14H16BrNS2. The summed E-state index contributed by atoms with van der Waals surface area (Å²) in [5, 5.41) is 2.42. The number of hydrogen-bond donors (Lipinski definition) is 1. The van der Waals surface area contributed by atoms with Crippen LogP contribution in [0.4, 0.5) is 0 Å². The van der Waals surface area contributed by atoms with Gasteiger partial charge >= 0.3 is 0 Å². The highest BCUT2D eigenvalue weighted by molar-refractivity contribution is 9.10. The minimum atomic E-state index is 0.125. The first-order valence-electron chi connectivity index (χ1n) is 5.79. The molecule has 1 aromatic carbocycles. The molecule has 0 aliphatic carbocycles. The molecule has 0 amide bonds. The Morgan fingerprint density at radius 2 is 2.06 bits per heavy atom. The van der Waals surface area contributed by atoms with E-state index in [1.54, 1.807) is 11.3 Å². The van der Waals surface area contributed by atoms with Gasteiger partial charge in [-0.1, -0.05) is 18.2 Å². The van der Waals surface area contributed by atoms with Crippen LogP contribution in [0.15, 0.2) is 45.1 Å². The summed E-state index contributed by atoms with van der Waals surface area (Å²) >= 11 is 7.13. The number of rotatable bonds is 4. The lowest BCUT2D eigenvalue weighted by Gasteiger charge is -2.20. The van der Waals surface area contributed by atoms with Gasteiger partial charge in [0.1, 0.15) is 0 Å². The van der Waals surface area contributed by atoms with Crippen molar-refractivity contribution in [3.05, 3.63) is 50.6 Å². The standard InChI is InChI=1S/C14H16BrNS2/c1-9-5-3-4-6-12(9)18-14(10(2)16)13-7-11(15)8-17-13/h3-8,10,14H,16H2,1-2H3. The monoisotopic (exact) mass is 341 g/mol. The Kier molecular flexibility index (Phi) is 4.90. The van der Waals surface area contributed by atoms with Crippen molar-refractivity contribution in [1.82, 2.24) is 0 Å². The van der Waals surface area contributed by atoms with Gasteiger partial charge in [-0.15, -0.1) is 23.1 Å². The molecule has 0 saturated carbocycles. The van der Waals surface area contributed by atoms with Crippen LogP contribution in [0.2, 0.25) is 0 Å². The van der Waals surface area contributed by atoms with Crippen molar-refractivity contribution in [3.63, 3.8) is 0 Å². The van der Waals surface area contributed by atoms with Gasteiger partial charge in [-0.25, -0.2) is 0 Å². The first-order chi connectivity index (χ1) is 8.58. The summed E-state index contributed by atoms with van der Waals surface area (Å²) in [6.07, 6.45) is 0. The van der Waals surface area contributed by atoms with Gasteiger partial charge in [-0.2, -0.15) is 0 Å². The van der Waals surface area contributed by atoms with Crippen molar-refractivity contribution in [1.29, 1.82) is 0 Å². The fraction of sp³-hybridized carbons (Fsp3) is 0.286. The molecule has 96 valence electrons. The molecule has 1 heterocycles. The Balaban J connectivity index is 2.25. The third kappa shape index (κ3) is 3.38. The fourth-order valence-corrected chi connectivity index (χ4v) is 4.66. The second kappa shape index (κ2) is 6.24. The molecule has 2 rings (SSSR count). The third-order valence-corrected chi connectivity index (χ3v) is 6.27. The van der Waals surface area contributed by atoms with E-state index in [-0.39, 0.29) is 6.04 Å². The number of aryl methyl sites for hydroxylation is 1. The second-order valence-corrected chi connectivity index (χ2v) is 7.37. The van der Waals surface area contributed by atoms with Crippen LogP contribution in [0, 0.1) is 6.92 Å². The van der Waals surface area contributed by atoms with Gasteiger partial charge in [0.2, 0.25) is 0 Å². The Morgan fingerprint density at radius 3 is 2.61 bits per heavy atom. The van der Waals surface area contributed by atoms with E-state index in [1.165, 1.54) is 15.3 Å². The van der Waals surface area contributed by atoms with Crippen molar-refractivity contribution in [2.24, 2.45) is 5.73 Å². The molecule has 2 atom stereocenters. The Morgan fingerprint density at radius 1 is 1.33 bits per heavy atom. The minimum absolute atomic E-state index is 0.125. The van der Waals surface area contributed by atoms with Crippen LogP contribution >= 0.6 is 39.0 Å². The lowest BCUT2D eigenvalue weighted by molar-refractivity contribution is 0.729. The molecule has 2 N–H and O–H groups in total. The Hall–Kier alpha value is -0.290. The van der Waals surface area contributed by atoms with Gasteiger partial charge in [0.05, 0.1) is 5.25 Å². The predicted octanol–water partition coefficient (Wildman–Crippen LogP) is 5.00. The van der Waals surface area contributed by atoms with E-state index in [0.29, 0.717) is 5.25 Å². The van der Waals surface area contributed by atoms with Crippen LogP contribution in [-0.4, -0.2) is 6.04 Å². The summed E-state index contributed by atoms with van der Waals surface area (Å²) in [7, 11) is 0. The van der Waals surface area contributed by atoms with Crippen LogP contribution < -0.4 is 5.73 Å². The maximum absolute atomic E-state index is 6.15. The van der Waals surface area contributed by atoms with Crippen LogP contribution in [-0.2, 0) is 0 Å². The van der Waals surface area contributed by atoms with E-state index in [1.807, 2.05) is 11.8 Å². The molecule has 0 radical (unpaired) electrons. The zero-order valence-electron chi connectivity index (χ0n) is 10.4. The molecule has 1 nitrogen and oxygen atoms in total. The van der Waals surface area contributed by atoms with Crippen molar-refractivity contribution < 1.29 is 0 Å². The zero-order chi connectivity index (χ0) is 13.1. The molecule has 0 saturated heterocycles. The molecule has 1 aromatic heterocycles. The maximum Gasteiger partial charge on any atom is 0.0587 e. The van der Waals surface area contributed by atoms with Crippen LogP contribution in [0.5, 0.6) is 0 Å². The smallest absolute Gasteiger partial charge is 0.0587 e. The SMILES string of the molecule is Cc1ccccc1SC(c1cc(Br)cs1)C(C)N. The average Bonchev–Trinajstić information content (AvgIpc) is 2.74. The number of hydrogen-bond acceptors (Lipinski definition) is 3. The van der Waals surface area contributed by atoms with Gasteiger partial charge in [-0.05, 0) is 47.5 Å². The molecule has 0 fully saturated rings. The van der Waals surface area contributed by atoms with Crippen LogP contribution in [0.1, 0.15) is 22.6 Å². The number of thiophene rings is 1. The topological polar surface area (TPSA) is 26.0 Å². The van der Waals surface area contributed by atoms with Gasteiger partial charge < -0.3 is 5.73 Å². The number of thioether (sulfide) groups is 1. The van der Waals surface area contributed by atoms with E-state index in [0.717, 1.165) is 4.47 Å². The van der Waals surface area contributed by atoms with Crippen LogP contribution in [0.25, 0.3) is 0 Å². The Bertz CT molecular complexity index is 522. The average molecular weight is 342 g/mol. The van der Waals surface area contributed by atoms with E-state index in [4.69, 9.17) is 5.73 Å².